The number of aliphatic hydroxyl groups is 1. The van der Waals surface area contributed by atoms with Crippen molar-refractivity contribution in [1.29, 1.82) is 0 Å². The number of rotatable bonds is 28. The fourth-order valence-electron chi connectivity index (χ4n) is 10.2. The lowest BCUT2D eigenvalue weighted by Gasteiger charge is -2.58. The number of alkyl carbamates (subject to hydrolysis) is 2. The Morgan fingerprint density at radius 3 is 2.02 bits per heavy atom. The standard InChI is InChI=1S/C44H72ClN3O11/c1-32-29-36-35-12-11-33-30-34(49)13-14-43(33,2)39(35)37(50)31-44(36,3)38(32)40(51)46-16-8-6-9-17-47-41(52)58-27-25-56-23-24-57-26-28-59-42(53)48-18-20-55-22-21-54-19-10-5-4-7-15-45/h13-14,30,32,35-39,50H,4-12,15-29,31H2,1-3H3,(H,46,51)(H,47,52)(H,48,53)/t32-,35+,36?,37+,38?,39?,43+,44+/m1/s1. The van der Waals surface area contributed by atoms with E-state index >= 15 is 0 Å². The summed E-state index contributed by atoms with van der Waals surface area (Å²) in [7, 11) is 0. The van der Waals surface area contributed by atoms with E-state index in [0.717, 1.165) is 69.8 Å². The van der Waals surface area contributed by atoms with Gasteiger partial charge in [0.15, 0.2) is 5.78 Å². The van der Waals surface area contributed by atoms with E-state index in [4.69, 9.17) is 40.0 Å². The molecule has 0 aromatic carbocycles. The van der Waals surface area contributed by atoms with Crippen LogP contribution in [0.3, 0.4) is 0 Å². The fourth-order valence-corrected chi connectivity index (χ4v) is 10.4. The van der Waals surface area contributed by atoms with Gasteiger partial charge in [-0.05, 0) is 93.1 Å². The second-order valence-electron chi connectivity index (χ2n) is 17.0. The average molecular weight is 855 g/mol. The summed E-state index contributed by atoms with van der Waals surface area (Å²) in [5.41, 5.74) is 0.565. The van der Waals surface area contributed by atoms with Gasteiger partial charge >= 0.3 is 12.2 Å². The maximum atomic E-state index is 13.7. The van der Waals surface area contributed by atoms with E-state index in [-0.39, 0.29) is 66.7 Å². The molecule has 4 N–H and O–H groups in total. The summed E-state index contributed by atoms with van der Waals surface area (Å²) in [6.45, 7) is 11.4. The molecular formula is C44H72ClN3O11. The Morgan fingerprint density at radius 2 is 1.34 bits per heavy atom. The number of alkyl halides is 1. The number of allylic oxidation sites excluding steroid dienone is 4. The van der Waals surface area contributed by atoms with Crippen molar-refractivity contribution in [3.63, 3.8) is 0 Å². The van der Waals surface area contributed by atoms with Gasteiger partial charge in [0.1, 0.15) is 13.2 Å². The van der Waals surface area contributed by atoms with Crippen molar-refractivity contribution in [2.24, 2.45) is 40.4 Å². The number of ketones is 1. The van der Waals surface area contributed by atoms with Gasteiger partial charge in [-0.1, -0.05) is 45.3 Å². The molecule has 3 amide bonds. The van der Waals surface area contributed by atoms with Crippen molar-refractivity contribution in [2.75, 3.05) is 91.6 Å². The quantitative estimate of drug-likeness (QED) is 0.0558. The van der Waals surface area contributed by atoms with Crippen LogP contribution in [0.25, 0.3) is 0 Å². The van der Waals surface area contributed by atoms with E-state index in [1.54, 1.807) is 12.2 Å². The maximum absolute atomic E-state index is 13.7. The first-order valence-electron chi connectivity index (χ1n) is 22.1. The molecule has 0 radical (unpaired) electrons. The van der Waals surface area contributed by atoms with Gasteiger partial charge in [-0.2, -0.15) is 0 Å². The van der Waals surface area contributed by atoms with Gasteiger partial charge in [-0.15, -0.1) is 11.6 Å². The summed E-state index contributed by atoms with van der Waals surface area (Å²) < 4.78 is 32.0. The number of fused-ring (bicyclic) bond motifs is 5. The summed E-state index contributed by atoms with van der Waals surface area (Å²) in [5.74, 6) is 1.64. The van der Waals surface area contributed by atoms with E-state index in [9.17, 15) is 24.3 Å². The van der Waals surface area contributed by atoms with Crippen LogP contribution in [0.2, 0.25) is 0 Å². The van der Waals surface area contributed by atoms with Crippen LogP contribution in [0.15, 0.2) is 23.8 Å². The highest BCUT2D eigenvalue weighted by molar-refractivity contribution is 6.17. The Morgan fingerprint density at radius 1 is 0.763 bits per heavy atom. The van der Waals surface area contributed by atoms with E-state index in [1.165, 1.54) is 0 Å². The van der Waals surface area contributed by atoms with Crippen LogP contribution in [-0.4, -0.2) is 127 Å². The van der Waals surface area contributed by atoms with Gasteiger partial charge < -0.3 is 49.5 Å². The molecule has 0 bridgehead atoms. The van der Waals surface area contributed by atoms with Gasteiger partial charge in [-0.25, -0.2) is 9.59 Å². The number of halogens is 1. The van der Waals surface area contributed by atoms with Crippen LogP contribution in [0.4, 0.5) is 9.59 Å². The summed E-state index contributed by atoms with van der Waals surface area (Å²) in [5, 5.41) is 20.2. The third kappa shape index (κ3) is 15.0. The van der Waals surface area contributed by atoms with Crippen molar-refractivity contribution < 1.29 is 52.7 Å². The van der Waals surface area contributed by atoms with Gasteiger partial charge in [0.25, 0.3) is 0 Å². The lowest BCUT2D eigenvalue weighted by molar-refractivity contribution is -0.142. The van der Waals surface area contributed by atoms with E-state index in [2.05, 4.69) is 36.7 Å². The van der Waals surface area contributed by atoms with E-state index < -0.39 is 18.3 Å². The number of hydrogen-bond acceptors (Lipinski definition) is 11. The number of nitrogens with one attached hydrogen (secondary N) is 3. The molecule has 3 fully saturated rings. The van der Waals surface area contributed by atoms with Crippen molar-refractivity contribution >= 4 is 35.5 Å². The van der Waals surface area contributed by atoms with Crippen molar-refractivity contribution in [2.45, 2.75) is 97.5 Å². The number of hydrogen-bond donors (Lipinski definition) is 4. The minimum atomic E-state index is -0.535. The Bertz CT molecular complexity index is 1380. The number of carbonyl (C=O) groups is 4. The molecule has 3 saturated carbocycles. The van der Waals surface area contributed by atoms with Crippen LogP contribution in [0.1, 0.15) is 91.4 Å². The lowest BCUT2D eigenvalue weighted by atomic mass is 9.47. The molecule has 4 aliphatic carbocycles. The first-order chi connectivity index (χ1) is 28.5. The highest BCUT2D eigenvalue weighted by Crippen LogP contribution is 2.67. The fraction of sp³-hybridized carbons (Fsp3) is 0.818. The third-order valence-electron chi connectivity index (χ3n) is 12.9. The molecule has 0 spiro atoms. The van der Waals surface area contributed by atoms with Crippen LogP contribution in [0, 0.1) is 40.4 Å². The molecule has 3 unspecified atom stereocenters. The molecule has 336 valence electrons. The predicted molar refractivity (Wildman–Crippen MR) is 224 cm³/mol. The van der Waals surface area contributed by atoms with Crippen molar-refractivity contribution in [1.82, 2.24) is 16.0 Å². The Kier molecular flexibility index (Phi) is 21.5. The molecule has 8 atom stereocenters. The lowest BCUT2D eigenvalue weighted by Crippen LogP contribution is -2.57. The molecule has 15 heteroatoms. The smallest absolute Gasteiger partial charge is 0.407 e. The van der Waals surface area contributed by atoms with Crippen LogP contribution in [0.5, 0.6) is 0 Å². The summed E-state index contributed by atoms with van der Waals surface area (Å²) >= 11 is 5.66. The third-order valence-corrected chi connectivity index (χ3v) is 13.2. The molecular weight excluding hydrogens is 782 g/mol. The zero-order chi connectivity index (χ0) is 42.5. The van der Waals surface area contributed by atoms with Gasteiger partial charge in [0.05, 0.1) is 52.4 Å². The van der Waals surface area contributed by atoms with Gasteiger partial charge in [-0.3, -0.25) is 9.59 Å². The maximum Gasteiger partial charge on any atom is 0.407 e. The monoisotopic (exact) mass is 853 g/mol. The SMILES string of the molecule is C[C@@H]1CC2[C@@H]3CCC4=CC(=O)C=C[C@]4(C)C3[C@@H](O)C[C@]2(C)C1C(=O)NCCCCCNC(=O)OCCOCCOCCOC(=O)NCCOCCOCCCCCCCl. The second-order valence-corrected chi connectivity index (χ2v) is 17.4. The number of carbonyl (C=O) groups excluding carboxylic acids is 4. The average Bonchev–Trinajstić information content (AvgIpc) is 3.47. The van der Waals surface area contributed by atoms with Gasteiger partial charge in [0.2, 0.25) is 5.91 Å². The van der Waals surface area contributed by atoms with E-state index in [1.807, 2.05) is 6.08 Å². The number of aliphatic hydroxyl groups excluding tert-OH is 1. The molecule has 14 nitrogen and oxygen atoms in total. The second kappa shape index (κ2) is 25.9. The minimum absolute atomic E-state index is 0.0364. The topological polar surface area (TPSA) is 180 Å². The molecule has 0 saturated heterocycles. The van der Waals surface area contributed by atoms with E-state index in [0.29, 0.717) is 83.4 Å². The zero-order valence-electron chi connectivity index (χ0n) is 35.8. The van der Waals surface area contributed by atoms with Crippen LogP contribution < -0.4 is 16.0 Å². The largest absolute Gasteiger partial charge is 0.447 e. The van der Waals surface area contributed by atoms with Crippen molar-refractivity contribution in [3.8, 4) is 0 Å². The normalized spacial score (nSPS) is 28.2. The first kappa shape index (κ1) is 48.9. The Balaban J connectivity index is 0.931. The molecule has 0 aromatic rings. The van der Waals surface area contributed by atoms with Crippen LogP contribution >= 0.6 is 11.6 Å². The summed E-state index contributed by atoms with van der Waals surface area (Å²) in [6, 6.07) is 0. The predicted octanol–water partition coefficient (Wildman–Crippen LogP) is 5.73. The molecule has 0 aliphatic heterocycles. The van der Waals surface area contributed by atoms with Crippen molar-refractivity contribution in [3.05, 3.63) is 23.8 Å². The molecule has 59 heavy (non-hydrogen) atoms. The number of ether oxygens (including phenoxy) is 6. The molecule has 4 rings (SSSR count). The summed E-state index contributed by atoms with van der Waals surface area (Å²) in [6.07, 6.45) is 14.0. The number of amides is 3. The highest BCUT2D eigenvalue weighted by atomic mass is 35.5. The molecule has 0 heterocycles. The van der Waals surface area contributed by atoms with Crippen LogP contribution in [-0.2, 0) is 38.0 Å². The Hall–Kier alpha value is -2.75. The van der Waals surface area contributed by atoms with Gasteiger partial charge in [0, 0.05) is 49.4 Å². The molecule has 0 aromatic heterocycles. The summed E-state index contributed by atoms with van der Waals surface area (Å²) in [4.78, 5) is 49.5. The molecule has 4 aliphatic rings. The number of unbranched alkanes of at least 4 members (excludes halogenated alkanes) is 5. The minimum Gasteiger partial charge on any atom is -0.447 e. The zero-order valence-corrected chi connectivity index (χ0v) is 36.5. The Labute approximate surface area is 356 Å². The first-order valence-corrected chi connectivity index (χ1v) is 22.6. The highest BCUT2D eigenvalue weighted by Gasteiger charge is 2.64.